The van der Waals surface area contributed by atoms with Gasteiger partial charge in [0.2, 0.25) is 6.10 Å². The van der Waals surface area contributed by atoms with Gasteiger partial charge in [-0.2, -0.15) is 5.10 Å². The zero-order valence-electron chi connectivity index (χ0n) is 16.2. The van der Waals surface area contributed by atoms with Crippen LogP contribution in [-0.4, -0.2) is 37.5 Å². The molecule has 1 heterocycles. The molecule has 1 atom stereocenters. The molecule has 0 saturated carbocycles. The highest BCUT2D eigenvalue weighted by molar-refractivity contribution is 6.00. The fourth-order valence-electron chi connectivity index (χ4n) is 2.70. The minimum Gasteiger partial charge on any atom is -0.490 e. The molecule has 7 heteroatoms. The SMILES string of the molecule is CCOc1ccc(/C(C)=N\NC(=O)[C@H]2COc3ccccc3O2)cc1OCC. The van der Waals surface area contributed by atoms with E-state index in [2.05, 4.69) is 10.5 Å². The number of hydrogen-bond donors (Lipinski definition) is 1. The monoisotopic (exact) mass is 384 g/mol. The zero-order chi connectivity index (χ0) is 19.9. The van der Waals surface area contributed by atoms with Crippen molar-refractivity contribution in [3.05, 3.63) is 48.0 Å². The van der Waals surface area contributed by atoms with Crippen molar-refractivity contribution in [3.8, 4) is 23.0 Å². The molecule has 2 aromatic rings. The van der Waals surface area contributed by atoms with Crippen molar-refractivity contribution < 1.29 is 23.7 Å². The van der Waals surface area contributed by atoms with Gasteiger partial charge in [0.1, 0.15) is 6.61 Å². The molecule has 2 aromatic carbocycles. The van der Waals surface area contributed by atoms with Crippen LogP contribution in [0.2, 0.25) is 0 Å². The van der Waals surface area contributed by atoms with E-state index in [1.807, 2.05) is 44.2 Å². The highest BCUT2D eigenvalue weighted by atomic mass is 16.6. The third kappa shape index (κ3) is 4.54. The van der Waals surface area contributed by atoms with Crippen LogP contribution < -0.4 is 24.4 Å². The number of rotatable bonds is 7. The van der Waals surface area contributed by atoms with Crippen LogP contribution in [0, 0.1) is 0 Å². The molecule has 148 valence electrons. The number of hydrogen-bond acceptors (Lipinski definition) is 6. The van der Waals surface area contributed by atoms with E-state index in [9.17, 15) is 4.79 Å². The largest absolute Gasteiger partial charge is 0.490 e. The van der Waals surface area contributed by atoms with Gasteiger partial charge in [-0.15, -0.1) is 0 Å². The van der Waals surface area contributed by atoms with Crippen LogP contribution in [0.4, 0.5) is 0 Å². The average Bonchev–Trinajstić information content (AvgIpc) is 2.73. The predicted octanol–water partition coefficient (Wildman–Crippen LogP) is 3.16. The average molecular weight is 384 g/mol. The first-order valence-corrected chi connectivity index (χ1v) is 9.25. The molecule has 0 aromatic heterocycles. The second-order valence-corrected chi connectivity index (χ2v) is 6.07. The van der Waals surface area contributed by atoms with Gasteiger partial charge >= 0.3 is 0 Å². The first-order chi connectivity index (χ1) is 13.6. The van der Waals surface area contributed by atoms with E-state index in [4.69, 9.17) is 18.9 Å². The van der Waals surface area contributed by atoms with Crippen molar-refractivity contribution in [1.82, 2.24) is 5.43 Å². The molecule has 3 rings (SSSR count). The Morgan fingerprint density at radius 3 is 2.57 bits per heavy atom. The lowest BCUT2D eigenvalue weighted by Gasteiger charge is -2.24. The molecular formula is C21H24N2O5. The summed E-state index contributed by atoms with van der Waals surface area (Å²) in [5, 5.41) is 4.19. The van der Waals surface area contributed by atoms with Gasteiger partial charge < -0.3 is 18.9 Å². The molecular weight excluding hydrogens is 360 g/mol. The van der Waals surface area contributed by atoms with E-state index in [0.717, 1.165) is 5.56 Å². The number of ether oxygens (including phenoxy) is 4. The lowest BCUT2D eigenvalue weighted by molar-refractivity contribution is -0.130. The maximum atomic E-state index is 12.4. The number of carbonyl (C=O) groups excluding carboxylic acids is 1. The predicted molar refractivity (Wildman–Crippen MR) is 105 cm³/mol. The van der Waals surface area contributed by atoms with Crippen molar-refractivity contribution in [2.45, 2.75) is 26.9 Å². The quantitative estimate of drug-likeness (QED) is 0.586. The van der Waals surface area contributed by atoms with E-state index >= 15 is 0 Å². The second-order valence-electron chi connectivity index (χ2n) is 6.07. The maximum Gasteiger partial charge on any atom is 0.284 e. The van der Waals surface area contributed by atoms with E-state index in [-0.39, 0.29) is 12.5 Å². The normalized spacial score (nSPS) is 15.7. The van der Waals surface area contributed by atoms with Gasteiger partial charge in [0.25, 0.3) is 5.91 Å². The van der Waals surface area contributed by atoms with Crippen LogP contribution in [0.3, 0.4) is 0 Å². The third-order valence-corrected chi connectivity index (χ3v) is 4.10. The summed E-state index contributed by atoms with van der Waals surface area (Å²) >= 11 is 0. The molecule has 0 spiro atoms. The lowest BCUT2D eigenvalue weighted by Crippen LogP contribution is -2.42. The molecule has 0 aliphatic carbocycles. The van der Waals surface area contributed by atoms with Crippen LogP contribution in [0.1, 0.15) is 26.3 Å². The molecule has 0 radical (unpaired) electrons. The van der Waals surface area contributed by atoms with E-state index < -0.39 is 6.10 Å². The summed E-state index contributed by atoms with van der Waals surface area (Å²) in [5.41, 5.74) is 4.00. The Morgan fingerprint density at radius 1 is 1.11 bits per heavy atom. The van der Waals surface area contributed by atoms with E-state index in [1.54, 1.807) is 19.1 Å². The number of hydrazone groups is 1. The Bertz CT molecular complexity index is 866. The number of fused-ring (bicyclic) bond motifs is 1. The molecule has 1 aliphatic heterocycles. The molecule has 1 aliphatic rings. The first-order valence-electron chi connectivity index (χ1n) is 9.25. The Labute approximate surface area is 164 Å². The molecule has 1 N–H and O–H groups in total. The Kier molecular flexibility index (Phi) is 6.37. The van der Waals surface area contributed by atoms with Gasteiger partial charge in [-0.3, -0.25) is 4.79 Å². The number of carbonyl (C=O) groups is 1. The number of nitrogens with one attached hydrogen (secondary N) is 1. The van der Waals surface area contributed by atoms with Crippen molar-refractivity contribution in [3.63, 3.8) is 0 Å². The zero-order valence-corrected chi connectivity index (χ0v) is 16.2. The van der Waals surface area contributed by atoms with Gasteiger partial charge in [0.05, 0.1) is 18.9 Å². The minimum absolute atomic E-state index is 0.134. The van der Waals surface area contributed by atoms with Gasteiger partial charge in [0.15, 0.2) is 23.0 Å². The summed E-state index contributed by atoms with van der Waals surface area (Å²) in [6.45, 7) is 6.84. The topological polar surface area (TPSA) is 78.4 Å². The fraction of sp³-hybridized carbons (Fsp3) is 0.333. The van der Waals surface area contributed by atoms with E-state index in [0.29, 0.717) is 41.9 Å². The molecule has 1 amide bonds. The van der Waals surface area contributed by atoms with E-state index in [1.165, 1.54) is 0 Å². The number of benzene rings is 2. The van der Waals surface area contributed by atoms with Gasteiger partial charge in [0, 0.05) is 5.56 Å². The fourth-order valence-corrected chi connectivity index (χ4v) is 2.70. The first kappa shape index (κ1) is 19.5. The molecule has 0 saturated heterocycles. The summed E-state index contributed by atoms with van der Waals surface area (Å²) in [7, 11) is 0. The number of amides is 1. The smallest absolute Gasteiger partial charge is 0.284 e. The Balaban J connectivity index is 1.67. The Morgan fingerprint density at radius 2 is 1.82 bits per heavy atom. The van der Waals surface area contributed by atoms with Crippen molar-refractivity contribution >= 4 is 11.6 Å². The van der Waals surface area contributed by atoms with Gasteiger partial charge in [-0.05, 0) is 51.1 Å². The van der Waals surface area contributed by atoms with Crippen molar-refractivity contribution in [2.75, 3.05) is 19.8 Å². The van der Waals surface area contributed by atoms with Crippen molar-refractivity contribution in [2.24, 2.45) is 5.10 Å². The Hall–Kier alpha value is -3.22. The highest BCUT2D eigenvalue weighted by Gasteiger charge is 2.27. The van der Waals surface area contributed by atoms with Crippen LogP contribution in [-0.2, 0) is 4.79 Å². The maximum absolute atomic E-state index is 12.4. The van der Waals surface area contributed by atoms with Crippen LogP contribution >= 0.6 is 0 Å². The van der Waals surface area contributed by atoms with Crippen LogP contribution in [0.25, 0.3) is 0 Å². The minimum atomic E-state index is -0.759. The lowest BCUT2D eigenvalue weighted by atomic mass is 10.1. The number of nitrogens with zero attached hydrogens (tertiary/aromatic N) is 1. The highest BCUT2D eigenvalue weighted by Crippen LogP contribution is 2.31. The third-order valence-electron chi connectivity index (χ3n) is 4.10. The summed E-state index contributed by atoms with van der Waals surface area (Å²) in [6, 6.07) is 12.8. The second kappa shape index (κ2) is 9.12. The van der Waals surface area contributed by atoms with Crippen LogP contribution in [0.5, 0.6) is 23.0 Å². The van der Waals surface area contributed by atoms with Gasteiger partial charge in [-0.25, -0.2) is 5.43 Å². The standard InChI is InChI=1S/C21H24N2O5/c1-4-25-17-11-10-15(12-19(17)26-5-2)14(3)22-23-21(24)20-13-27-16-8-6-7-9-18(16)28-20/h6-12,20H,4-5,13H2,1-3H3,(H,23,24)/b22-14-/t20-/m1/s1. The van der Waals surface area contributed by atoms with Crippen LogP contribution in [0.15, 0.2) is 47.6 Å². The molecule has 0 unspecified atom stereocenters. The molecule has 0 fully saturated rings. The molecule has 7 nitrogen and oxygen atoms in total. The summed E-state index contributed by atoms with van der Waals surface area (Å²) < 4.78 is 22.4. The van der Waals surface area contributed by atoms with Gasteiger partial charge in [-0.1, -0.05) is 12.1 Å². The molecule has 28 heavy (non-hydrogen) atoms. The van der Waals surface area contributed by atoms with Crippen molar-refractivity contribution in [1.29, 1.82) is 0 Å². The number of para-hydroxylation sites is 2. The summed E-state index contributed by atoms with van der Waals surface area (Å²) in [6.07, 6.45) is -0.759. The molecule has 0 bridgehead atoms. The summed E-state index contributed by atoms with van der Waals surface area (Å²) in [5.74, 6) is 2.12. The summed E-state index contributed by atoms with van der Waals surface area (Å²) in [4.78, 5) is 12.4.